The van der Waals surface area contributed by atoms with Crippen molar-refractivity contribution < 1.29 is 9.90 Å². The van der Waals surface area contributed by atoms with Gasteiger partial charge in [-0.15, -0.1) is 0 Å². The van der Waals surface area contributed by atoms with Crippen LogP contribution in [0.25, 0.3) is 10.8 Å². The molecule has 0 aliphatic carbocycles. The van der Waals surface area contributed by atoms with Gasteiger partial charge in [-0.1, -0.05) is 54.6 Å². The van der Waals surface area contributed by atoms with E-state index in [1.807, 2.05) is 60.7 Å². The van der Waals surface area contributed by atoms with E-state index < -0.39 is 12.1 Å². The van der Waals surface area contributed by atoms with Gasteiger partial charge in [-0.3, -0.25) is 14.6 Å². The average molecular weight is 369 g/mol. The summed E-state index contributed by atoms with van der Waals surface area (Å²) in [5.74, 6) is -0.0892. The molecule has 3 atom stereocenters. The number of fused-ring (bicyclic) bond motifs is 2. The van der Waals surface area contributed by atoms with Gasteiger partial charge in [0.05, 0.1) is 23.4 Å². The van der Waals surface area contributed by atoms with Crippen LogP contribution in [0.4, 0.5) is 5.69 Å². The van der Waals surface area contributed by atoms with Crippen LogP contribution in [0.1, 0.15) is 23.7 Å². The Balaban J connectivity index is 1.73. The molecule has 138 valence electrons. The quantitative estimate of drug-likeness (QED) is 0.753. The Morgan fingerprint density at radius 3 is 2.43 bits per heavy atom. The molecule has 28 heavy (non-hydrogen) atoms. The predicted octanol–water partition coefficient (Wildman–Crippen LogP) is 3.19. The lowest BCUT2D eigenvalue weighted by Crippen LogP contribution is -2.36. The first kappa shape index (κ1) is 16.9. The number of aliphatic hydroxyl groups excluding tert-OH is 1. The van der Waals surface area contributed by atoms with E-state index in [1.165, 1.54) is 0 Å². The van der Waals surface area contributed by atoms with E-state index in [1.54, 1.807) is 11.0 Å². The van der Waals surface area contributed by atoms with Crippen molar-refractivity contribution in [2.45, 2.75) is 24.7 Å². The van der Waals surface area contributed by atoms with E-state index in [0.717, 1.165) is 22.0 Å². The molecular formula is C23H19N3O2. The zero-order chi connectivity index (χ0) is 19.3. The standard InChI is InChI=1S/C23H19N3O2/c24-14-16-10-11-19(18-9-5-4-8-17(16)18)26-22(15-6-2-1-3-7-15)25-13-12-20(27)21(25)23(26)28/h1-11,20-22,27H,12-13H2. The SMILES string of the molecule is N#Cc1ccc(N2C(=O)C3C(O)CCN3C2c2ccccc2)c2ccccc12. The van der Waals surface area contributed by atoms with Gasteiger partial charge in [0.25, 0.3) is 0 Å². The zero-order valence-electron chi connectivity index (χ0n) is 15.2. The van der Waals surface area contributed by atoms with Crippen molar-refractivity contribution in [3.8, 4) is 6.07 Å². The Bertz CT molecular complexity index is 1110. The van der Waals surface area contributed by atoms with Gasteiger partial charge in [-0.25, -0.2) is 0 Å². The van der Waals surface area contributed by atoms with E-state index in [-0.39, 0.29) is 12.1 Å². The number of hydrogen-bond donors (Lipinski definition) is 1. The normalized spacial score (nSPS) is 24.5. The summed E-state index contributed by atoms with van der Waals surface area (Å²) in [6, 6.07) is 22.9. The molecule has 0 spiro atoms. The van der Waals surface area contributed by atoms with Crippen LogP contribution < -0.4 is 4.90 Å². The van der Waals surface area contributed by atoms with E-state index in [2.05, 4.69) is 11.0 Å². The molecule has 0 saturated carbocycles. The molecule has 0 bridgehead atoms. The van der Waals surface area contributed by atoms with E-state index >= 15 is 0 Å². The number of nitrogens with zero attached hydrogens (tertiary/aromatic N) is 3. The summed E-state index contributed by atoms with van der Waals surface area (Å²) in [5, 5.41) is 21.6. The molecule has 0 aromatic heterocycles. The summed E-state index contributed by atoms with van der Waals surface area (Å²) in [4.78, 5) is 17.3. The monoisotopic (exact) mass is 369 g/mol. The first-order valence-corrected chi connectivity index (χ1v) is 9.44. The summed E-state index contributed by atoms with van der Waals surface area (Å²) in [5.41, 5.74) is 2.37. The number of hydrogen-bond acceptors (Lipinski definition) is 4. The number of rotatable bonds is 2. The fourth-order valence-corrected chi connectivity index (χ4v) is 4.60. The van der Waals surface area contributed by atoms with Crippen molar-refractivity contribution in [3.05, 3.63) is 77.9 Å². The van der Waals surface area contributed by atoms with Gasteiger partial charge in [0.1, 0.15) is 12.2 Å². The van der Waals surface area contributed by atoms with Gasteiger partial charge in [-0.2, -0.15) is 5.26 Å². The summed E-state index contributed by atoms with van der Waals surface area (Å²) in [7, 11) is 0. The summed E-state index contributed by atoms with van der Waals surface area (Å²) >= 11 is 0. The lowest BCUT2D eigenvalue weighted by Gasteiger charge is -2.30. The lowest BCUT2D eigenvalue weighted by molar-refractivity contribution is -0.121. The zero-order valence-corrected chi connectivity index (χ0v) is 15.2. The molecule has 2 saturated heterocycles. The Morgan fingerprint density at radius 1 is 0.964 bits per heavy atom. The fourth-order valence-electron chi connectivity index (χ4n) is 4.60. The molecule has 0 radical (unpaired) electrons. The van der Waals surface area contributed by atoms with E-state index in [9.17, 15) is 15.2 Å². The second-order valence-electron chi connectivity index (χ2n) is 7.32. The third-order valence-corrected chi connectivity index (χ3v) is 5.83. The van der Waals surface area contributed by atoms with Crippen molar-refractivity contribution in [2.24, 2.45) is 0 Å². The molecule has 2 heterocycles. The minimum Gasteiger partial charge on any atom is -0.391 e. The van der Waals surface area contributed by atoms with E-state index in [4.69, 9.17) is 0 Å². The van der Waals surface area contributed by atoms with E-state index in [0.29, 0.717) is 18.5 Å². The minimum absolute atomic E-state index is 0.0892. The van der Waals surface area contributed by atoms with Crippen molar-refractivity contribution in [1.29, 1.82) is 5.26 Å². The molecule has 2 fully saturated rings. The molecule has 3 unspecified atom stereocenters. The molecule has 2 aliphatic rings. The van der Waals surface area contributed by atoms with Gasteiger partial charge in [0.15, 0.2) is 0 Å². The molecule has 3 aromatic carbocycles. The second kappa shape index (κ2) is 6.45. The Kier molecular flexibility index (Phi) is 3.90. The Hall–Kier alpha value is -3.20. The van der Waals surface area contributed by atoms with Crippen LogP contribution >= 0.6 is 0 Å². The second-order valence-corrected chi connectivity index (χ2v) is 7.32. The number of anilines is 1. The van der Waals surface area contributed by atoms with Gasteiger partial charge >= 0.3 is 0 Å². The number of carbonyl (C=O) groups excluding carboxylic acids is 1. The molecule has 5 heteroatoms. The highest BCUT2D eigenvalue weighted by atomic mass is 16.3. The van der Waals surface area contributed by atoms with Crippen LogP contribution in [-0.2, 0) is 4.79 Å². The van der Waals surface area contributed by atoms with Gasteiger partial charge in [0.2, 0.25) is 5.91 Å². The van der Waals surface area contributed by atoms with Crippen molar-refractivity contribution >= 4 is 22.4 Å². The van der Waals surface area contributed by atoms with Gasteiger partial charge in [-0.05, 0) is 24.1 Å². The number of aliphatic hydroxyl groups is 1. The highest BCUT2D eigenvalue weighted by molar-refractivity contribution is 6.08. The van der Waals surface area contributed by atoms with Gasteiger partial charge < -0.3 is 5.11 Å². The van der Waals surface area contributed by atoms with Crippen LogP contribution in [0.3, 0.4) is 0 Å². The number of benzene rings is 3. The maximum Gasteiger partial charge on any atom is 0.248 e. The lowest BCUT2D eigenvalue weighted by atomic mass is 10.0. The summed E-state index contributed by atoms with van der Waals surface area (Å²) in [6.07, 6.45) is -0.331. The Labute approximate surface area is 163 Å². The molecule has 3 aromatic rings. The highest BCUT2D eigenvalue weighted by Crippen LogP contribution is 2.44. The number of carbonyl (C=O) groups is 1. The first-order valence-electron chi connectivity index (χ1n) is 9.44. The maximum absolute atomic E-state index is 13.4. The minimum atomic E-state index is -0.659. The molecule has 2 aliphatic heterocycles. The van der Waals surface area contributed by atoms with Crippen LogP contribution in [0, 0.1) is 11.3 Å². The largest absolute Gasteiger partial charge is 0.391 e. The van der Waals surface area contributed by atoms with Crippen LogP contribution in [0.5, 0.6) is 0 Å². The van der Waals surface area contributed by atoms with Crippen LogP contribution in [0.15, 0.2) is 66.7 Å². The van der Waals surface area contributed by atoms with Crippen LogP contribution in [-0.4, -0.2) is 34.6 Å². The molecule has 5 rings (SSSR count). The number of amides is 1. The summed E-state index contributed by atoms with van der Waals surface area (Å²) in [6.45, 7) is 0.668. The highest BCUT2D eigenvalue weighted by Gasteiger charge is 2.53. The molecular weight excluding hydrogens is 350 g/mol. The topological polar surface area (TPSA) is 67.6 Å². The maximum atomic E-state index is 13.4. The van der Waals surface area contributed by atoms with Crippen molar-refractivity contribution in [3.63, 3.8) is 0 Å². The first-order chi connectivity index (χ1) is 13.7. The third-order valence-electron chi connectivity index (χ3n) is 5.83. The fraction of sp³-hybridized carbons (Fsp3) is 0.217. The van der Waals surface area contributed by atoms with Crippen LogP contribution in [0.2, 0.25) is 0 Å². The average Bonchev–Trinajstić information content (AvgIpc) is 3.26. The molecule has 1 amide bonds. The number of nitriles is 1. The third kappa shape index (κ3) is 2.36. The van der Waals surface area contributed by atoms with Crippen molar-refractivity contribution in [1.82, 2.24) is 4.90 Å². The smallest absolute Gasteiger partial charge is 0.248 e. The predicted molar refractivity (Wildman–Crippen MR) is 106 cm³/mol. The van der Waals surface area contributed by atoms with Crippen molar-refractivity contribution in [2.75, 3.05) is 11.4 Å². The van der Waals surface area contributed by atoms with Gasteiger partial charge in [0, 0.05) is 17.3 Å². The Morgan fingerprint density at radius 2 is 1.68 bits per heavy atom. The molecule has 5 nitrogen and oxygen atoms in total. The summed E-state index contributed by atoms with van der Waals surface area (Å²) < 4.78 is 0. The molecule has 1 N–H and O–H groups in total.